The predicted molar refractivity (Wildman–Crippen MR) is 149 cm³/mol. The number of carboxylic acid groups (broad SMARTS) is 1. The number of ether oxygens (including phenoxy) is 1. The maximum absolute atomic E-state index is 12.9. The third kappa shape index (κ3) is 5.88. The molecular formula is C23H17Cl3N4O6S3. The Bertz CT molecular complexity index is 1490. The number of fused-ring (bicyclic) bond motifs is 1. The van der Waals surface area contributed by atoms with E-state index < -0.39 is 29.2 Å². The van der Waals surface area contributed by atoms with Gasteiger partial charge in [0.1, 0.15) is 34.5 Å². The van der Waals surface area contributed by atoms with Crippen LogP contribution >= 0.6 is 69.7 Å². The second kappa shape index (κ2) is 11.6. The molecule has 0 bridgehead atoms. The first-order chi connectivity index (χ1) is 18.6. The van der Waals surface area contributed by atoms with E-state index in [2.05, 4.69) is 15.5 Å². The van der Waals surface area contributed by atoms with Crippen molar-refractivity contribution in [3.63, 3.8) is 0 Å². The molecule has 0 saturated carbocycles. The summed E-state index contributed by atoms with van der Waals surface area (Å²) in [6.07, 6.45) is 0. The molecule has 10 nitrogen and oxygen atoms in total. The highest BCUT2D eigenvalue weighted by Gasteiger charge is 2.54. The van der Waals surface area contributed by atoms with E-state index in [9.17, 15) is 19.5 Å². The lowest BCUT2D eigenvalue weighted by Gasteiger charge is -2.49. The Balaban J connectivity index is 1.21. The molecule has 2 aliphatic rings. The molecule has 5 rings (SSSR count). The Labute approximate surface area is 249 Å². The summed E-state index contributed by atoms with van der Waals surface area (Å²) in [6, 6.07) is 5.07. The summed E-state index contributed by atoms with van der Waals surface area (Å²) < 4.78 is 11.9. The number of carbonyl (C=O) groups is 3. The highest BCUT2D eigenvalue weighted by Crippen LogP contribution is 2.42. The first-order valence-electron chi connectivity index (χ1n) is 11.1. The molecule has 3 aromatic rings. The topological polar surface area (TPSA) is 135 Å². The van der Waals surface area contributed by atoms with Crippen LogP contribution in [0.25, 0.3) is 0 Å². The maximum Gasteiger partial charge on any atom is 0.352 e. The quantitative estimate of drug-likeness (QED) is 0.238. The van der Waals surface area contributed by atoms with Gasteiger partial charge < -0.3 is 19.6 Å². The normalized spacial score (nSPS) is 18.6. The van der Waals surface area contributed by atoms with Crippen molar-refractivity contribution >= 4 is 87.4 Å². The number of benzene rings is 1. The van der Waals surface area contributed by atoms with E-state index in [0.717, 1.165) is 9.35 Å². The molecule has 16 heteroatoms. The first kappa shape index (κ1) is 28.1. The third-order valence-corrected chi connectivity index (χ3v) is 9.80. The zero-order valence-corrected chi connectivity index (χ0v) is 24.5. The zero-order valence-electron chi connectivity index (χ0n) is 19.8. The lowest BCUT2D eigenvalue weighted by molar-refractivity contribution is -0.148. The molecule has 1 aromatic carbocycles. The van der Waals surface area contributed by atoms with Crippen LogP contribution in [-0.4, -0.2) is 60.9 Å². The number of hydrogen-bond acceptors (Lipinski definition) is 10. The van der Waals surface area contributed by atoms with Gasteiger partial charge in [-0.25, -0.2) is 4.79 Å². The highest BCUT2D eigenvalue weighted by atomic mass is 35.5. The summed E-state index contributed by atoms with van der Waals surface area (Å²) in [5, 5.41) is 21.6. The smallest absolute Gasteiger partial charge is 0.352 e. The van der Waals surface area contributed by atoms with Crippen LogP contribution in [0.1, 0.15) is 21.3 Å². The zero-order chi connectivity index (χ0) is 27.8. The van der Waals surface area contributed by atoms with Crippen molar-refractivity contribution in [1.29, 1.82) is 0 Å². The number of carboxylic acids is 1. The summed E-state index contributed by atoms with van der Waals surface area (Å²) in [4.78, 5) is 39.0. The van der Waals surface area contributed by atoms with E-state index in [1.54, 1.807) is 6.07 Å². The molecule has 0 aliphatic carbocycles. The van der Waals surface area contributed by atoms with Gasteiger partial charge in [0.05, 0.1) is 10.0 Å². The number of aryl methyl sites for hydroxylation is 1. The minimum absolute atomic E-state index is 0.0348. The molecule has 1 saturated heterocycles. The van der Waals surface area contributed by atoms with Crippen LogP contribution in [0.3, 0.4) is 0 Å². The number of aliphatic carboxylic acids is 1. The van der Waals surface area contributed by atoms with Crippen LogP contribution in [0.2, 0.25) is 15.1 Å². The van der Waals surface area contributed by atoms with Crippen molar-refractivity contribution in [3.05, 3.63) is 67.1 Å². The predicted octanol–water partition coefficient (Wildman–Crippen LogP) is 5.12. The fourth-order valence-corrected chi connectivity index (χ4v) is 8.11. The number of nitrogens with zero attached hydrogens (tertiary/aromatic N) is 3. The number of amides is 2. The van der Waals surface area contributed by atoms with E-state index in [0.29, 0.717) is 27.9 Å². The van der Waals surface area contributed by atoms with Crippen molar-refractivity contribution in [2.45, 2.75) is 29.3 Å². The van der Waals surface area contributed by atoms with Gasteiger partial charge in [-0.2, -0.15) is 0 Å². The SMILES string of the molecule is Cc1nnc(SCC2=C(C(=O)O)N3C(=O)[C@@H](NC(=O)c4ccc(COc5c(Cl)cc(Cl)cc5Cl)o4)[C@@H]3SC2)s1. The average molecular weight is 648 g/mol. The number of furan rings is 1. The van der Waals surface area contributed by atoms with Crippen molar-refractivity contribution < 1.29 is 28.6 Å². The maximum atomic E-state index is 12.9. The Kier molecular flexibility index (Phi) is 8.36. The second-order valence-corrected chi connectivity index (χ2v) is 13.0. The molecule has 0 radical (unpaired) electrons. The van der Waals surface area contributed by atoms with Crippen LogP contribution in [0.15, 0.2) is 44.3 Å². The molecule has 2 amide bonds. The number of thioether (sulfide) groups is 2. The van der Waals surface area contributed by atoms with Crippen molar-refractivity contribution in [3.8, 4) is 5.75 Å². The Morgan fingerprint density at radius 3 is 2.67 bits per heavy atom. The molecule has 204 valence electrons. The van der Waals surface area contributed by atoms with E-state index in [-0.39, 0.29) is 33.9 Å². The number of hydrogen-bond donors (Lipinski definition) is 2. The molecular weight excluding hydrogens is 631 g/mol. The summed E-state index contributed by atoms with van der Waals surface area (Å²) in [5.74, 6) is -1.05. The number of β-lactam (4-membered cyclic amide) rings is 1. The molecule has 2 aromatic heterocycles. The molecule has 2 N–H and O–H groups in total. The van der Waals surface area contributed by atoms with Gasteiger partial charge in [0, 0.05) is 16.5 Å². The number of nitrogens with one attached hydrogen (secondary N) is 1. The Morgan fingerprint density at radius 1 is 1.26 bits per heavy atom. The van der Waals surface area contributed by atoms with E-state index in [1.807, 2.05) is 6.92 Å². The largest absolute Gasteiger partial charge is 0.483 e. The molecule has 0 unspecified atom stereocenters. The third-order valence-electron chi connectivity index (χ3n) is 5.62. The Hall–Kier alpha value is -2.42. The van der Waals surface area contributed by atoms with Gasteiger partial charge in [0.2, 0.25) is 0 Å². The number of rotatable bonds is 9. The molecule has 4 heterocycles. The van der Waals surface area contributed by atoms with Crippen LogP contribution in [0.4, 0.5) is 0 Å². The van der Waals surface area contributed by atoms with E-state index >= 15 is 0 Å². The second-order valence-electron chi connectivity index (χ2n) is 8.25. The molecule has 1 fully saturated rings. The number of carbonyl (C=O) groups excluding carboxylic acids is 2. The lowest BCUT2D eigenvalue weighted by atomic mass is 10.0. The summed E-state index contributed by atoms with van der Waals surface area (Å²) in [5.41, 5.74) is 0.552. The van der Waals surface area contributed by atoms with Crippen LogP contribution in [-0.2, 0) is 16.2 Å². The van der Waals surface area contributed by atoms with Gasteiger partial charge in [-0.3, -0.25) is 14.5 Å². The summed E-state index contributed by atoms with van der Waals surface area (Å²) in [6.45, 7) is 1.77. The molecule has 2 aliphatic heterocycles. The first-order valence-corrected chi connectivity index (χ1v) is 15.1. The molecule has 2 atom stereocenters. The lowest BCUT2D eigenvalue weighted by Crippen LogP contribution is -2.70. The van der Waals surface area contributed by atoms with E-state index in [4.69, 9.17) is 44.0 Å². The van der Waals surface area contributed by atoms with Gasteiger partial charge in [-0.05, 0) is 36.8 Å². The van der Waals surface area contributed by atoms with Gasteiger partial charge in [0.25, 0.3) is 11.8 Å². The van der Waals surface area contributed by atoms with Crippen LogP contribution in [0.5, 0.6) is 5.75 Å². The van der Waals surface area contributed by atoms with Gasteiger partial charge in [0.15, 0.2) is 15.8 Å². The minimum Gasteiger partial charge on any atom is -0.483 e. The van der Waals surface area contributed by atoms with Crippen molar-refractivity contribution in [1.82, 2.24) is 20.4 Å². The molecule has 39 heavy (non-hydrogen) atoms. The monoisotopic (exact) mass is 646 g/mol. The highest BCUT2D eigenvalue weighted by molar-refractivity contribution is 8.01. The summed E-state index contributed by atoms with van der Waals surface area (Å²) >= 11 is 22.3. The molecule has 0 spiro atoms. The Morgan fingerprint density at radius 2 is 2.00 bits per heavy atom. The number of aromatic nitrogens is 2. The minimum atomic E-state index is -1.20. The van der Waals surface area contributed by atoms with Crippen LogP contribution in [0, 0.1) is 6.92 Å². The van der Waals surface area contributed by atoms with Gasteiger partial charge in [-0.1, -0.05) is 57.9 Å². The standard InChI is InChI=1S/C23H17Cl3N4O6S3/c1-9-28-29-23(39-9)38-8-10-7-37-21-16(20(32)30(21)17(10)22(33)34)27-19(31)15-3-2-12(36-15)6-35-18-13(25)4-11(24)5-14(18)26/h2-5,16,21H,6-8H2,1H3,(H,27,31)(H,33,34)/t16-,21+/m1/s1. The van der Waals surface area contributed by atoms with Crippen molar-refractivity contribution in [2.24, 2.45) is 0 Å². The van der Waals surface area contributed by atoms with Gasteiger partial charge in [-0.15, -0.1) is 22.0 Å². The fourth-order valence-electron chi connectivity index (χ4n) is 3.88. The summed E-state index contributed by atoms with van der Waals surface area (Å²) in [7, 11) is 0. The van der Waals surface area contributed by atoms with E-state index in [1.165, 1.54) is 58.0 Å². The van der Waals surface area contributed by atoms with Gasteiger partial charge >= 0.3 is 5.97 Å². The van der Waals surface area contributed by atoms with Crippen LogP contribution < -0.4 is 10.1 Å². The fraction of sp³-hybridized carbons (Fsp3) is 0.261. The average Bonchev–Trinajstić information content (AvgIpc) is 3.53. The van der Waals surface area contributed by atoms with Crippen molar-refractivity contribution in [2.75, 3.05) is 11.5 Å². The number of halogens is 3.